The van der Waals surface area contributed by atoms with Gasteiger partial charge in [-0.25, -0.2) is 0 Å². The van der Waals surface area contributed by atoms with Crippen LogP contribution < -0.4 is 4.74 Å². The van der Waals surface area contributed by atoms with Gasteiger partial charge in [-0.2, -0.15) is 0 Å². The molecular weight excluding hydrogens is 180 g/mol. The molecule has 0 radical (unpaired) electrons. The molecule has 14 heavy (non-hydrogen) atoms. The van der Waals surface area contributed by atoms with E-state index in [4.69, 9.17) is 8.85 Å². The molecule has 0 saturated carbocycles. The molecule has 1 aromatic carbocycles. The molecule has 0 amide bonds. The molecule has 0 aromatic heterocycles. The Balaban J connectivity index is 2.63. The first-order valence-electron chi connectivity index (χ1n) is 5.75. The van der Waals surface area contributed by atoms with Crippen molar-refractivity contribution in [2.45, 2.75) is 12.8 Å². The largest absolute Gasteiger partial charge is 0.497 e. The molecule has 0 atom stereocenters. The van der Waals surface area contributed by atoms with Crippen LogP contribution in [-0.4, -0.2) is 20.1 Å². The van der Waals surface area contributed by atoms with Gasteiger partial charge in [0, 0.05) is 6.42 Å². The van der Waals surface area contributed by atoms with Crippen LogP contribution in [0.15, 0.2) is 24.3 Å². The topological polar surface area (TPSA) is 35.5 Å². The lowest BCUT2D eigenvalue weighted by molar-refractivity contribution is -0.140. The van der Waals surface area contributed by atoms with E-state index in [9.17, 15) is 4.79 Å². The van der Waals surface area contributed by atoms with Crippen LogP contribution >= 0.6 is 0 Å². The third kappa shape index (κ3) is 3.09. The number of hydrogen-bond acceptors (Lipinski definition) is 3. The Kier molecular flexibility index (Phi) is 2.59. The third-order valence-electron chi connectivity index (χ3n) is 1.86. The molecule has 0 saturated heterocycles. The van der Waals surface area contributed by atoms with Gasteiger partial charge >= 0.3 is 5.97 Å². The standard InChI is InChI=1S/C11H14O3/c1-13-10-5-3-4-9(8-10)6-7-11(12)14-2/h3-5,8H,6-7H2,1-2H3/i1D3. The van der Waals surface area contributed by atoms with Gasteiger partial charge in [-0.3, -0.25) is 4.79 Å². The Morgan fingerprint density at radius 2 is 2.43 bits per heavy atom. The van der Waals surface area contributed by atoms with Crippen molar-refractivity contribution in [1.82, 2.24) is 0 Å². The molecule has 76 valence electrons. The number of benzene rings is 1. The van der Waals surface area contributed by atoms with Crippen molar-refractivity contribution in [2.75, 3.05) is 14.1 Å². The quantitative estimate of drug-likeness (QED) is 0.690. The highest BCUT2D eigenvalue weighted by Gasteiger charge is 2.01. The van der Waals surface area contributed by atoms with E-state index < -0.39 is 7.04 Å². The molecule has 0 fully saturated rings. The lowest BCUT2D eigenvalue weighted by Gasteiger charge is -2.03. The Bertz CT molecular complexity index is 388. The maximum Gasteiger partial charge on any atom is 0.305 e. The Morgan fingerprint density at radius 1 is 1.57 bits per heavy atom. The summed E-state index contributed by atoms with van der Waals surface area (Å²) < 4.78 is 30.2. The van der Waals surface area contributed by atoms with Crippen molar-refractivity contribution in [3.05, 3.63) is 29.8 Å². The van der Waals surface area contributed by atoms with Gasteiger partial charge in [0.1, 0.15) is 5.75 Å². The molecule has 0 aliphatic heterocycles. The minimum absolute atomic E-state index is 0.258. The monoisotopic (exact) mass is 197 g/mol. The second-order valence-corrected chi connectivity index (χ2v) is 2.83. The molecule has 0 unspecified atom stereocenters. The van der Waals surface area contributed by atoms with Crippen LogP contribution in [0.3, 0.4) is 0 Å². The number of hydrogen-bond donors (Lipinski definition) is 0. The van der Waals surface area contributed by atoms with Gasteiger partial charge in [-0.15, -0.1) is 0 Å². The van der Waals surface area contributed by atoms with Gasteiger partial charge in [-0.05, 0) is 24.1 Å². The van der Waals surface area contributed by atoms with Crippen LogP contribution in [0.4, 0.5) is 0 Å². The highest BCUT2D eigenvalue weighted by atomic mass is 16.5. The highest BCUT2D eigenvalue weighted by molar-refractivity contribution is 5.69. The van der Waals surface area contributed by atoms with Crippen molar-refractivity contribution in [2.24, 2.45) is 0 Å². The number of methoxy groups -OCH3 is 2. The minimum atomic E-state index is -2.46. The molecule has 0 heterocycles. The molecule has 3 heteroatoms. The van der Waals surface area contributed by atoms with Crippen molar-refractivity contribution in [1.29, 1.82) is 0 Å². The van der Waals surface area contributed by atoms with Crippen molar-refractivity contribution in [3.63, 3.8) is 0 Å². The van der Waals surface area contributed by atoms with Gasteiger partial charge in [-0.1, -0.05) is 12.1 Å². The molecule has 0 bridgehead atoms. The van der Waals surface area contributed by atoms with E-state index in [0.717, 1.165) is 5.56 Å². The predicted molar refractivity (Wildman–Crippen MR) is 53.3 cm³/mol. The van der Waals surface area contributed by atoms with Crippen LogP contribution in [-0.2, 0) is 16.0 Å². The average molecular weight is 197 g/mol. The molecule has 3 nitrogen and oxygen atoms in total. The lowest BCUT2D eigenvalue weighted by Crippen LogP contribution is -2.01. The third-order valence-corrected chi connectivity index (χ3v) is 1.86. The predicted octanol–water partition coefficient (Wildman–Crippen LogP) is 1.80. The number of carbonyl (C=O) groups excluding carboxylic acids is 1. The number of rotatable bonds is 4. The molecular formula is C11H14O3. The van der Waals surface area contributed by atoms with E-state index in [1.807, 2.05) is 0 Å². The van der Waals surface area contributed by atoms with E-state index in [1.54, 1.807) is 24.3 Å². The smallest absolute Gasteiger partial charge is 0.305 e. The van der Waals surface area contributed by atoms with Crippen molar-refractivity contribution >= 4 is 5.97 Å². The van der Waals surface area contributed by atoms with E-state index >= 15 is 0 Å². The van der Waals surface area contributed by atoms with Crippen molar-refractivity contribution < 1.29 is 18.4 Å². The van der Waals surface area contributed by atoms with E-state index in [2.05, 4.69) is 4.74 Å². The second kappa shape index (κ2) is 5.27. The summed E-state index contributed by atoms with van der Waals surface area (Å²) in [5.41, 5.74) is 0.831. The van der Waals surface area contributed by atoms with Crippen LogP contribution in [0.5, 0.6) is 5.75 Å². The molecule has 0 spiro atoms. The van der Waals surface area contributed by atoms with Gasteiger partial charge in [0.2, 0.25) is 0 Å². The van der Waals surface area contributed by atoms with Crippen molar-refractivity contribution in [3.8, 4) is 5.75 Å². The van der Waals surface area contributed by atoms with Gasteiger partial charge in [0.15, 0.2) is 0 Å². The lowest BCUT2D eigenvalue weighted by atomic mass is 10.1. The number of ether oxygens (including phenoxy) is 2. The molecule has 1 aromatic rings. The van der Waals surface area contributed by atoms with E-state index in [-0.39, 0.29) is 18.1 Å². The fraction of sp³-hybridized carbons (Fsp3) is 0.364. The molecule has 0 aliphatic rings. The Hall–Kier alpha value is -1.51. The summed E-state index contributed by atoms with van der Waals surface area (Å²) in [5.74, 6) is -0.0282. The van der Waals surface area contributed by atoms with Crippen LogP contribution in [0.1, 0.15) is 16.1 Å². The summed E-state index contributed by atoms with van der Waals surface area (Å²) in [6, 6.07) is 6.66. The van der Waals surface area contributed by atoms with Gasteiger partial charge in [0.05, 0.1) is 18.3 Å². The maximum atomic E-state index is 11.0. The number of esters is 1. The first-order chi connectivity index (χ1) is 7.90. The minimum Gasteiger partial charge on any atom is -0.497 e. The Labute approximate surface area is 87.9 Å². The van der Waals surface area contributed by atoms with E-state index in [0.29, 0.717) is 6.42 Å². The zero-order valence-corrected chi connectivity index (χ0v) is 7.95. The zero-order chi connectivity index (χ0) is 12.9. The van der Waals surface area contributed by atoms with Crippen LogP contribution in [0.2, 0.25) is 0 Å². The SMILES string of the molecule is [2H]C([2H])([2H])Oc1cccc(CCC(=O)OC)c1. The second-order valence-electron chi connectivity index (χ2n) is 2.83. The fourth-order valence-corrected chi connectivity index (χ4v) is 1.11. The number of carbonyl (C=O) groups is 1. The summed E-state index contributed by atoms with van der Waals surface area (Å²) in [5, 5.41) is 0. The zero-order valence-electron chi connectivity index (χ0n) is 10.9. The van der Waals surface area contributed by atoms with E-state index in [1.165, 1.54) is 7.11 Å². The maximum absolute atomic E-state index is 11.0. The summed E-state index contributed by atoms with van der Waals surface area (Å²) >= 11 is 0. The molecule has 1 rings (SSSR count). The normalized spacial score (nSPS) is 13.6. The summed E-state index contributed by atoms with van der Waals surface area (Å²) in [6.45, 7) is 0. The summed E-state index contributed by atoms with van der Waals surface area (Å²) in [6.07, 6.45) is 0.749. The molecule has 0 N–H and O–H groups in total. The molecule has 0 aliphatic carbocycles. The first-order valence-corrected chi connectivity index (χ1v) is 4.25. The summed E-state index contributed by atoms with van der Waals surface area (Å²) in [4.78, 5) is 11.0. The van der Waals surface area contributed by atoms with Gasteiger partial charge < -0.3 is 9.47 Å². The fourth-order valence-electron chi connectivity index (χ4n) is 1.11. The van der Waals surface area contributed by atoms with Crippen LogP contribution in [0, 0.1) is 0 Å². The average Bonchev–Trinajstić information content (AvgIpc) is 2.24. The number of aryl methyl sites for hydroxylation is 1. The van der Waals surface area contributed by atoms with Crippen LogP contribution in [0.25, 0.3) is 0 Å². The Morgan fingerprint density at radius 3 is 3.14 bits per heavy atom. The van der Waals surface area contributed by atoms with Gasteiger partial charge in [0.25, 0.3) is 0 Å². The highest BCUT2D eigenvalue weighted by Crippen LogP contribution is 2.13. The first kappa shape index (κ1) is 6.87. The summed E-state index contributed by atoms with van der Waals surface area (Å²) in [7, 11) is -1.13.